The second-order valence-electron chi connectivity index (χ2n) is 9.22. The van der Waals surface area contributed by atoms with E-state index in [-0.39, 0.29) is 0 Å². The normalized spacial score (nSPS) is 11.1. The topological polar surface area (TPSA) is 0 Å². The Bertz CT molecular complexity index is 1430. The molecule has 0 unspecified atom stereocenters. The first-order valence-corrected chi connectivity index (χ1v) is 19.4. The van der Waals surface area contributed by atoms with E-state index < -0.39 is 20.8 Å². The molecule has 0 fully saturated rings. The predicted octanol–water partition coefficient (Wildman–Crippen LogP) is 8.46. The maximum absolute atomic E-state index is 4.93. The van der Waals surface area contributed by atoms with E-state index in [2.05, 4.69) is 119 Å². The van der Waals surface area contributed by atoms with Crippen LogP contribution in [0.4, 0.5) is 0 Å². The number of halogens is 2. The van der Waals surface area contributed by atoms with Crippen molar-refractivity contribution in [2.45, 2.75) is 33.6 Å². The molecule has 0 aromatic heterocycles. The zero-order valence-electron chi connectivity index (χ0n) is 21.0. The Morgan fingerprint density at radius 2 is 1.47 bits per heavy atom. The SMILES string of the molecule is Cc1ccccc1-c1c(C)ccc2[cH-]c(C(C)C)cc12.[Cl][Zr+2][Cl].[c-]1cccc2c1[Si]c1ccccc1-2. The maximum atomic E-state index is 4.93. The van der Waals surface area contributed by atoms with Crippen molar-refractivity contribution in [1.29, 1.82) is 0 Å². The Morgan fingerprint density at radius 1 is 0.806 bits per heavy atom. The van der Waals surface area contributed by atoms with Crippen molar-refractivity contribution in [3.05, 3.63) is 114 Å². The summed E-state index contributed by atoms with van der Waals surface area (Å²) in [4.78, 5) is 0. The van der Waals surface area contributed by atoms with Crippen LogP contribution < -0.4 is 10.4 Å². The van der Waals surface area contributed by atoms with Crippen molar-refractivity contribution in [3.63, 3.8) is 0 Å². The summed E-state index contributed by atoms with van der Waals surface area (Å²) in [6.07, 6.45) is 0. The summed E-state index contributed by atoms with van der Waals surface area (Å²) in [5.74, 6) is 0.576. The second-order valence-corrected chi connectivity index (χ2v) is 14.2. The summed E-state index contributed by atoms with van der Waals surface area (Å²) >= 11 is -0.826. The molecule has 1 heterocycles. The van der Waals surface area contributed by atoms with Crippen LogP contribution in [0, 0.1) is 19.9 Å². The van der Waals surface area contributed by atoms with E-state index in [0.29, 0.717) is 5.92 Å². The number of hydrogen-bond acceptors (Lipinski definition) is 0. The molecular weight excluding hydrogens is 575 g/mol. The summed E-state index contributed by atoms with van der Waals surface area (Å²) in [6, 6.07) is 36.0. The van der Waals surface area contributed by atoms with Gasteiger partial charge in [-0.15, -0.1) is 40.1 Å². The number of rotatable bonds is 2. The van der Waals surface area contributed by atoms with Gasteiger partial charge in [0.05, 0.1) is 9.52 Å². The number of hydrogen-bond donors (Lipinski definition) is 0. The maximum Gasteiger partial charge on any atom is 0.0920 e. The van der Waals surface area contributed by atoms with Gasteiger partial charge >= 0.3 is 37.9 Å². The zero-order chi connectivity index (χ0) is 25.7. The fourth-order valence-electron chi connectivity index (χ4n) is 4.68. The summed E-state index contributed by atoms with van der Waals surface area (Å²) in [5.41, 5.74) is 9.65. The Kier molecular flexibility index (Phi) is 9.53. The van der Waals surface area contributed by atoms with Gasteiger partial charge in [0.2, 0.25) is 0 Å². The van der Waals surface area contributed by atoms with Crippen molar-refractivity contribution in [2.75, 3.05) is 0 Å². The molecule has 0 atom stereocenters. The minimum atomic E-state index is -0.826. The van der Waals surface area contributed by atoms with Gasteiger partial charge in [-0.2, -0.15) is 35.5 Å². The molecule has 0 spiro atoms. The van der Waals surface area contributed by atoms with E-state index in [1.165, 1.54) is 60.1 Å². The van der Waals surface area contributed by atoms with Gasteiger partial charge < -0.3 is 0 Å². The van der Waals surface area contributed by atoms with Crippen molar-refractivity contribution >= 4 is 47.7 Å². The zero-order valence-corrected chi connectivity index (χ0v) is 26.0. The van der Waals surface area contributed by atoms with Crippen molar-refractivity contribution in [2.24, 2.45) is 0 Å². The number of aryl methyl sites for hydroxylation is 2. The molecule has 5 aromatic carbocycles. The predicted molar refractivity (Wildman–Crippen MR) is 156 cm³/mol. The smallest absolute Gasteiger partial charge is 0.0920 e. The third-order valence-electron chi connectivity index (χ3n) is 6.53. The van der Waals surface area contributed by atoms with Crippen LogP contribution >= 0.6 is 17.0 Å². The molecule has 178 valence electrons. The van der Waals surface area contributed by atoms with Crippen molar-refractivity contribution in [1.82, 2.24) is 0 Å². The molecule has 0 aliphatic carbocycles. The average molecular weight is 603 g/mol. The van der Waals surface area contributed by atoms with E-state index >= 15 is 0 Å². The second kappa shape index (κ2) is 12.6. The first kappa shape index (κ1) is 27.2. The van der Waals surface area contributed by atoms with Gasteiger partial charge in [0.1, 0.15) is 0 Å². The minimum Gasteiger partial charge on any atom is -0.184 e. The van der Waals surface area contributed by atoms with Crippen LogP contribution in [-0.2, 0) is 20.8 Å². The first-order valence-electron chi connectivity index (χ1n) is 12.0. The molecule has 0 amide bonds. The fraction of sp³-hybridized carbons (Fsp3) is 0.156. The molecule has 2 radical (unpaired) electrons. The van der Waals surface area contributed by atoms with Crippen LogP contribution in [0.2, 0.25) is 0 Å². The summed E-state index contributed by atoms with van der Waals surface area (Å²) < 4.78 is 0. The Morgan fingerprint density at radius 3 is 2.19 bits per heavy atom. The van der Waals surface area contributed by atoms with Crippen molar-refractivity contribution in [3.8, 4) is 22.3 Å². The van der Waals surface area contributed by atoms with Crippen LogP contribution in [0.3, 0.4) is 0 Å². The monoisotopic (exact) mass is 600 g/mol. The van der Waals surface area contributed by atoms with Gasteiger partial charge in [0, 0.05) is 0 Å². The van der Waals surface area contributed by atoms with Crippen LogP contribution in [0.15, 0.2) is 91.0 Å². The summed E-state index contributed by atoms with van der Waals surface area (Å²) in [5, 5.41) is 5.57. The molecule has 1 aliphatic heterocycles. The van der Waals surface area contributed by atoms with E-state index in [1.54, 1.807) is 0 Å². The molecule has 0 saturated heterocycles. The van der Waals surface area contributed by atoms with Crippen LogP contribution in [0.25, 0.3) is 33.0 Å². The minimum absolute atomic E-state index is 0.576. The van der Waals surface area contributed by atoms with Gasteiger partial charge in [-0.05, 0) is 30.9 Å². The van der Waals surface area contributed by atoms with Crippen LogP contribution in [0.1, 0.15) is 36.5 Å². The molecular formula is C32H28Cl2SiZr. The van der Waals surface area contributed by atoms with Gasteiger partial charge in [-0.25, -0.2) is 0 Å². The molecule has 1 aliphatic rings. The molecule has 0 N–H and O–H groups in total. The summed E-state index contributed by atoms with van der Waals surface area (Å²) in [7, 11) is 10.7. The molecule has 5 aromatic rings. The van der Waals surface area contributed by atoms with Gasteiger partial charge in [0.25, 0.3) is 0 Å². The van der Waals surface area contributed by atoms with E-state index in [0.717, 1.165) is 9.52 Å². The third kappa shape index (κ3) is 6.00. The molecule has 4 heteroatoms. The molecule has 0 bridgehead atoms. The van der Waals surface area contributed by atoms with Crippen molar-refractivity contribution < 1.29 is 20.8 Å². The molecule has 0 saturated carbocycles. The van der Waals surface area contributed by atoms with Gasteiger partial charge in [-0.1, -0.05) is 84.3 Å². The van der Waals surface area contributed by atoms with Gasteiger partial charge in [0.15, 0.2) is 0 Å². The van der Waals surface area contributed by atoms with Gasteiger partial charge in [-0.3, -0.25) is 0 Å². The number of fused-ring (bicyclic) bond motifs is 4. The Hall–Kier alpha value is -1.83. The average Bonchev–Trinajstić information content (AvgIpc) is 3.48. The van der Waals surface area contributed by atoms with E-state index in [1.807, 2.05) is 6.07 Å². The molecule has 0 nitrogen and oxygen atoms in total. The van der Waals surface area contributed by atoms with E-state index in [9.17, 15) is 0 Å². The quantitative estimate of drug-likeness (QED) is 0.138. The summed E-state index contributed by atoms with van der Waals surface area (Å²) in [6.45, 7) is 8.92. The molecule has 6 rings (SSSR count). The fourth-order valence-corrected chi connectivity index (χ4v) is 5.99. The third-order valence-corrected chi connectivity index (χ3v) is 7.90. The number of benzene rings is 4. The largest absolute Gasteiger partial charge is 0.184 e. The Balaban J connectivity index is 0.000000163. The molecule has 36 heavy (non-hydrogen) atoms. The van der Waals surface area contributed by atoms with Crippen LogP contribution in [0.5, 0.6) is 0 Å². The Labute approximate surface area is 236 Å². The standard InChI is InChI=1S/C20H21.C12H7Si.2ClH.Zr/c1-13(2)17-11-16-10-9-15(4)20(19(16)12-17)18-8-6-5-7-14(18)3;1-3-7-11-9(5-1)10-6-2-4-8-12(10)13-11;;;/h5-13H,1-4H3;1-7H;2*1H;/q2*-1;;;+4/p-2. The first-order chi connectivity index (χ1) is 17.4. The van der Waals surface area contributed by atoms with Crippen LogP contribution in [-0.4, -0.2) is 9.52 Å². The van der Waals surface area contributed by atoms with E-state index in [4.69, 9.17) is 17.0 Å².